The van der Waals surface area contributed by atoms with Crippen LogP contribution in [0.15, 0.2) is 42.7 Å². The highest BCUT2D eigenvalue weighted by Crippen LogP contribution is 2.32. The first kappa shape index (κ1) is 21.9. The molecule has 1 fully saturated rings. The van der Waals surface area contributed by atoms with E-state index in [-0.39, 0.29) is 18.0 Å². The average Bonchev–Trinajstić information content (AvgIpc) is 3.60. The van der Waals surface area contributed by atoms with Gasteiger partial charge < -0.3 is 9.80 Å². The van der Waals surface area contributed by atoms with Gasteiger partial charge in [0.2, 0.25) is 0 Å². The molecule has 1 saturated heterocycles. The third kappa shape index (κ3) is 3.99. The monoisotopic (exact) mass is 476 g/mol. The van der Waals surface area contributed by atoms with Gasteiger partial charge in [-0.2, -0.15) is 10.2 Å². The standard InChI is InChI=1S/C26H26F2N6O/c1-31-15-20-19(5-4-6-24(20)29-31)17-11-22(27)21(23(28)12-17)16-33-13-18-14-34(30-25(18)26(33)35)10-9-32-7-2-3-8-32/h4-6,11-12,14-15H,2-3,7-10,13,16H2,1H3. The van der Waals surface area contributed by atoms with E-state index in [0.717, 1.165) is 42.6 Å². The highest BCUT2D eigenvalue weighted by Gasteiger charge is 2.32. The quantitative estimate of drug-likeness (QED) is 0.423. The Morgan fingerprint density at radius 2 is 1.77 bits per heavy atom. The maximum absolute atomic E-state index is 15.1. The summed E-state index contributed by atoms with van der Waals surface area (Å²) in [7, 11) is 1.81. The molecule has 9 heteroatoms. The molecule has 4 heterocycles. The van der Waals surface area contributed by atoms with E-state index in [4.69, 9.17) is 0 Å². The number of aromatic nitrogens is 4. The summed E-state index contributed by atoms with van der Waals surface area (Å²) in [5.74, 6) is -1.63. The summed E-state index contributed by atoms with van der Waals surface area (Å²) in [6.07, 6.45) is 6.18. The lowest BCUT2D eigenvalue weighted by molar-refractivity contribution is 0.0756. The summed E-state index contributed by atoms with van der Waals surface area (Å²) in [5.41, 5.74) is 2.97. The maximum Gasteiger partial charge on any atom is 0.275 e. The zero-order chi connectivity index (χ0) is 24.1. The van der Waals surface area contributed by atoms with Gasteiger partial charge in [-0.15, -0.1) is 0 Å². The Balaban J connectivity index is 1.19. The predicted molar refractivity (Wildman–Crippen MR) is 128 cm³/mol. The molecular formula is C26H26F2N6O. The average molecular weight is 477 g/mol. The second-order valence-corrected chi connectivity index (χ2v) is 9.44. The van der Waals surface area contributed by atoms with E-state index < -0.39 is 11.6 Å². The van der Waals surface area contributed by atoms with Crippen LogP contribution in [0.4, 0.5) is 8.78 Å². The Labute approximate surface area is 201 Å². The van der Waals surface area contributed by atoms with Crippen LogP contribution in [-0.4, -0.2) is 54.9 Å². The smallest absolute Gasteiger partial charge is 0.275 e. The van der Waals surface area contributed by atoms with Gasteiger partial charge in [0.05, 0.1) is 25.2 Å². The van der Waals surface area contributed by atoms with Crippen molar-refractivity contribution >= 4 is 16.8 Å². The molecule has 35 heavy (non-hydrogen) atoms. The van der Waals surface area contributed by atoms with Crippen LogP contribution in [0, 0.1) is 11.6 Å². The number of nitrogens with zero attached hydrogens (tertiary/aromatic N) is 6. The number of aryl methyl sites for hydroxylation is 1. The zero-order valence-electron chi connectivity index (χ0n) is 19.5. The number of hydrogen-bond acceptors (Lipinski definition) is 4. The molecule has 2 aromatic carbocycles. The lowest BCUT2D eigenvalue weighted by Crippen LogP contribution is -2.27. The summed E-state index contributed by atoms with van der Waals surface area (Å²) in [6.45, 7) is 4.02. The van der Waals surface area contributed by atoms with Crippen LogP contribution in [-0.2, 0) is 26.7 Å². The van der Waals surface area contributed by atoms with Crippen LogP contribution in [0.5, 0.6) is 0 Å². The van der Waals surface area contributed by atoms with Crippen LogP contribution < -0.4 is 0 Å². The summed E-state index contributed by atoms with van der Waals surface area (Å²) in [5, 5.41) is 9.65. The fourth-order valence-corrected chi connectivity index (χ4v) is 5.19. The highest BCUT2D eigenvalue weighted by molar-refractivity contribution is 5.96. The molecule has 0 spiro atoms. The van der Waals surface area contributed by atoms with E-state index >= 15 is 8.78 Å². The number of hydrogen-bond donors (Lipinski definition) is 0. The van der Waals surface area contributed by atoms with E-state index in [9.17, 15) is 4.79 Å². The fraction of sp³-hybridized carbons (Fsp3) is 0.346. The first-order valence-corrected chi connectivity index (χ1v) is 11.9. The number of halogens is 2. The van der Waals surface area contributed by atoms with Gasteiger partial charge in [-0.1, -0.05) is 12.1 Å². The van der Waals surface area contributed by atoms with Gasteiger partial charge in [0.15, 0.2) is 5.69 Å². The number of fused-ring (bicyclic) bond motifs is 2. The molecule has 0 atom stereocenters. The molecule has 0 bridgehead atoms. The maximum atomic E-state index is 15.1. The van der Waals surface area contributed by atoms with Gasteiger partial charge in [0, 0.05) is 42.5 Å². The zero-order valence-corrected chi connectivity index (χ0v) is 19.5. The van der Waals surface area contributed by atoms with E-state index in [2.05, 4.69) is 15.1 Å². The third-order valence-corrected chi connectivity index (χ3v) is 7.00. The number of amides is 1. The predicted octanol–water partition coefficient (Wildman–Crippen LogP) is 3.97. The molecule has 7 nitrogen and oxygen atoms in total. The Hall–Kier alpha value is -3.59. The van der Waals surface area contributed by atoms with Crippen molar-refractivity contribution in [2.45, 2.75) is 32.5 Å². The Morgan fingerprint density at radius 1 is 1.00 bits per heavy atom. The summed E-state index contributed by atoms with van der Waals surface area (Å²) >= 11 is 0. The Kier molecular flexibility index (Phi) is 5.36. The number of carbonyl (C=O) groups excluding carboxylic acids is 1. The summed E-state index contributed by atoms with van der Waals surface area (Å²) < 4.78 is 33.7. The van der Waals surface area contributed by atoms with Crippen LogP contribution in [0.2, 0.25) is 0 Å². The molecule has 0 saturated carbocycles. The largest absolute Gasteiger partial charge is 0.328 e. The normalized spacial score (nSPS) is 16.1. The molecule has 0 radical (unpaired) electrons. The van der Waals surface area contributed by atoms with Crippen molar-refractivity contribution in [3.63, 3.8) is 0 Å². The van der Waals surface area contributed by atoms with Crippen molar-refractivity contribution in [2.75, 3.05) is 19.6 Å². The number of rotatable bonds is 6. The lowest BCUT2D eigenvalue weighted by atomic mass is 9.99. The van der Waals surface area contributed by atoms with Crippen molar-refractivity contribution in [2.24, 2.45) is 7.05 Å². The first-order valence-electron chi connectivity index (χ1n) is 11.9. The van der Waals surface area contributed by atoms with Crippen molar-refractivity contribution in [1.82, 2.24) is 29.4 Å². The topological polar surface area (TPSA) is 59.2 Å². The van der Waals surface area contributed by atoms with Crippen molar-refractivity contribution in [3.05, 3.63) is 71.2 Å². The van der Waals surface area contributed by atoms with E-state index in [1.807, 2.05) is 42.3 Å². The van der Waals surface area contributed by atoms with Gasteiger partial charge >= 0.3 is 0 Å². The van der Waals surface area contributed by atoms with E-state index in [1.165, 1.54) is 29.9 Å². The Morgan fingerprint density at radius 3 is 2.51 bits per heavy atom. The molecule has 0 unspecified atom stereocenters. The SMILES string of the molecule is Cn1cc2c(-c3cc(F)c(CN4Cc5cn(CCN6CCCC6)nc5C4=O)c(F)c3)cccc2n1. The minimum Gasteiger partial charge on any atom is -0.328 e. The van der Waals surface area contributed by atoms with Gasteiger partial charge in [-0.3, -0.25) is 14.2 Å². The van der Waals surface area contributed by atoms with Crippen molar-refractivity contribution in [3.8, 4) is 11.1 Å². The van der Waals surface area contributed by atoms with Crippen molar-refractivity contribution in [1.29, 1.82) is 0 Å². The van der Waals surface area contributed by atoms with E-state index in [1.54, 1.807) is 4.68 Å². The highest BCUT2D eigenvalue weighted by atomic mass is 19.1. The van der Waals surface area contributed by atoms with Crippen LogP contribution in [0.3, 0.4) is 0 Å². The van der Waals surface area contributed by atoms with Crippen LogP contribution in [0.1, 0.15) is 34.5 Å². The minimum atomic E-state index is -0.672. The van der Waals surface area contributed by atoms with Crippen molar-refractivity contribution < 1.29 is 13.6 Å². The summed E-state index contributed by atoms with van der Waals surface area (Å²) in [4.78, 5) is 16.8. The first-order chi connectivity index (χ1) is 17.0. The molecular weight excluding hydrogens is 450 g/mol. The molecule has 6 rings (SSSR count). The van der Waals surface area contributed by atoms with Crippen LogP contribution in [0.25, 0.3) is 22.0 Å². The molecule has 2 aliphatic heterocycles. The van der Waals surface area contributed by atoms with Gasteiger partial charge in [0.1, 0.15) is 11.6 Å². The molecule has 1 amide bonds. The molecule has 180 valence electrons. The molecule has 0 aliphatic carbocycles. The second-order valence-electron chi connectivity index (χ2n) is 9.44. The molecule has 2 aliphatic rings. The van der Waals surface area contributed by atoms with Crippen LogP contribution >= 0.6 is 0 Å². The molecule has 0 N–H and O–H groups in total. The minimum absolute atomic E-state index is 0.118. The van der Waals surface area contributed by atoms with Gasteiger partial charge in [-0.05, 0) is 55.3 Å². The number of likely N-dealkylation sites (tertiary alicyclic amines) is 1. The van der Waals surface area contributed by atoms with Gasteiger partial charge in [-0.25, -0.2) is 8.78 Å². The van der Waals surface area contributed by atoms with Gasteiger partial charge in [0.25, 0.3) is 5.91 Å². The third-order valence-electron chi connectivity index (χ3n) is 7.00. The van der Waals surface area contributed by atoms with E-state index in [0.29, 0.717) is 23.4 Å². The fourth-order valence-electron chi connectivity index (χ4n) is 5.19. The number of carbonyl (C=O) groups is 1. The number of benzene rings is 2. The summed E-state index contributed by atoms with van der Waals surface area (Å²) in [6, 6.07) is 8.17. The molecule has 4 aromatic rings. The second kappa shape index (κ2) is 8.57. The lowest BCUT2D eigenvalue weighted by Gasteiger charge is -2.18. The molecule has 2 aromatic heterocycles. The Bertz CT molecular complexity index is 1410.